The number of anilines is 1. The van der Waals surface area contributed by atoms with Crippen LogP contribution in [0.3, 0.4) is 0 Å². The molecule has 1 saturated heterocycles. The van der Waals surface area contributed by atoms with Gasteiger partial charge in [-0.05, 0) is 36.5 Å². The Morgan fingerprint density at radius 3 is 2.52 bits per heavy atom. The van der Waals surface area contributed by atoms with Crippen molar-refractivity contribution in [1.82, 2.24) is 10.2 Å². The highest BCUT2D eigenvalue weighted by atomic mass is 32.2. The van der Waals surface area contributed by atoms with Gasteiger partial charge in [-0.2, -0.15) is 0 Å². The Balaban J connectivity index is 1.27. The van der Waals surface area contributed by atoms with Crippen molar-refractivity contribution in [3.05, 3.63) is 60.2 Å². The maximum Gasteiger partial charge on any atom is 0.247 e. The maximum atomic E-state index is 13.0. The second-order valence-corrected chi connectivity index (χ2v) is 9.29. The van der Waals surface area contributed by atoms with Gasteiger partial charge >= 0.3 is 0 Å². The van der Waals surface area contributed by atoms with Crippen molar-refractivity contribution in [3.8, 4) is 0 Å². The van der Waals surface area contributed by atoms with Crippen LogP contribution >= 0.6 is 11.8 Å². The predicted molar refractivity (Wildman–Crippen MR) is 122 cm³/mol. The van der Waals surface area contributed by atoms with Crippen LogP contribution in [0.2, 0.25) is 0 Å². The maximum absolute atomic E-state index is 13.0. The van der Waals surface area contributed by atoms with E-state index >= 15 is 0 Å². The zero-order valence-electron chi connectivity index (χ0n) is 17.5. The summed E-state index contributed by atoms with van der Waals surface area (Å²) in [5.41, 5.74) is 1.95. The van der Waals surface area contributed by atoms with Crippen LogP contribution in [-0.4, -0.2) is 47.5 Å². The van der Waals surface area contributed by atoms with Gasteiger partial charge < -0.3 is 15.5 Å². The number of hydrogen-bond acceptors (Lipinski definition) is 4. The molecule has 2 aliphatic heterocycles. The van der Waals surface area contributed by atoms with Crippen LogP contribution in [0, 0.1) is 5.92 Å². The molecule has 7 heteroatoms. The number of carbonyl (C=O) groups excluding carboxylic acids is 3. The predicted octanol–water partition coefficient (Wildman–Crippen LogP) is 3.26. The number of benzene rings is 2. The van der Waals surface area contributed by atoms with Crippen LogP contribution in [0.1, 0.15) is 31.2 Å². The topological polar surface area (TPSA) is 78.5 Å². The molecule has 0 aromatic heterocycles. The van der Waals surface area contributed by atoms with E-state index in [1.807, 2.05) is 42.5 Å². The van der Waals surface area contributed by atoms with E-state index < -0.39 is 5.25 Å². The summed E-state index contributed by atoms with van der Waals surface area (Å²) in [6.45, 7) is 3.69. The molecule has 6 nitrogen and oxygen atoms in total. The minimum atomic E-state index is -0.771. The molecule has 2 atom stereocenters. The largest absolute Gasteiger partial charge is 0.355 e. The summed E-state index contributed by atoms with van der Waals surface area (Å²) >= 11 is 1.30. The highest BCUT2D eigenvalue weighted by molar-refractivity contribution is 8.01. The number of nitrogens with one attached hydrogen (secondary N) is 2. The number of amides is 3. The molecular weight excluding hydrogens is 410 g/mol. The van der Waals surface area contributed by atoms with Crippen molar-refractivity contribution in [1.29, 1.82) is 0 Å². The number of piperidine rings is 1. The van der Waals surface area contributed by atoms with Crippen LogP contribution in [-0.2, 0) is 14.4 Å². The second kappa shape index (κ2) is 9.56. The summed E-state index contributed by atoms with van der Waals surface area (Å²) in [4.78, 5) is 40.6. The molecule has 3 amide bonds. The molecule has 162 valence electrons. The Labute approximate surface area is 186 Å². The number of rotatable bonds is 5. The number of para-hydroxylation sites is 1. The van der Waals surface area contributed by atoms with Gasteiger partial charge in [0.1, 0.15) is 0 Å². The van der Waals surface area contributed by atoms with Crippen LogP contribution in [0.4, 0.5) is 5.69 Å². The summed E-state index contributed by atoms with van der Waals surface area (Å²) in [6, 6.07) is 17.6. The highest BCUT2D eigenvalue weighted by Gasteiger charge is 2.37. The number of hydrogen-bond donors (Lipinski definition) is 2. The fraction of sp³-hybridized carbons (Fsp3) is 0.375. The molecule has 0 aliphatic carbocycles. The van der Waals surface area contributed by atoms with E-state index in [9.17, 15) is 14.4 Å². The normalized spacial score (nSPS) is 19.8. The smallest absolute Gasteiger partial charge is 0.247 e. The van der Waals surface area contributed by atoms with Gasteiger partial charge in [-0.3, -0.25) is 14.4 Å². The number of carbonyl (C=O) groups is 3. The van der Waals surface area contributed by atoms with Gasteiger partial charge in [0.25, 0.3) is 0 Å². The molecule has 2 N–H and O–H groups in total. The van der Waals surface area contributed by atoms with Crippen LogP contribution in [0.15, 0.2) is 59.5 Å². The van der Waals surface area contributed by atoms with E-state index in [2.05, 4.69) is 29.7 Å². The van der Waals surface area contributed by atoms with Crippen LogP contribution in [0.5, 0.6) is 0 Å². The molecule has 0 spiro atoms. The number of nitrogens with zero attached hydrogens (tertiary/aromatic N) is 1. The summed E-state index contributed by atoms with van der Waals surface area (Å²) in [6.07, 6.45) is 1.24. The SMILES string of the molecule is C[C@@H](CNC(=O)C1CCN(C(=O)[C@@H]2Sc3ccccc3NC2=O)CC1)c1ccccc1. The summed E-state index contributed by atoms with van der Waals surface area (Å²) < 4.78 is 0. The molecule has 1 fully saturated rings. The summed E-state index contributed by atoms with van der Waals surface area (Å²) in [5.74, 6) is -0.247. The van der Waals surface area contributed by atoms with Gasteiger partial charge in [0.05, 0.1) is 5.69 Å². The first-order chi connectivity index (χ1) is 15.0. The van der Waals surface area contributed by atoms with Crippen molar-refractivity contribution in [2.45, 2.75) is 35.8 Å². The van der Waals surface area contributed by atoms with Crippen molar-refractivity contribution in [3.63, 3.8) is 0 Å². The van der Waals surface area contributed by atoms with Gasteiger partial charge in [0.2, 0.25) is 17.7 Å². The zero-order valence-corrected chi connectivity index (χ0v) is 18.4. The molecule has 0 unspecified atom stereocenters. The Morgan fingerprint density at radius 1 is 1.10 bits per heavy atom. The lowest BCUT2D eigenvalue weighted by Crippen LogP contribution is -2.49. The lowest BCUT2D eigenvalue weighted by molar-refractivity contribution is -0.137. The van der Waals surface area contributed by atoms with Crippen molar-refractivity contribution < 1.29 is 14.4 Å². The molecular formula is C24H27N3O3S. The fourth-order valence-electron chi connectivity index (χ4n) is 4.04. The first-order valence-corrected chi connectivity index (χ1v) is 11.6. The third-order valence-electron chi connectivity index (χ3n) is 5.98. The quantitative estimate of drug-likeness (QED) is 0.704. The van der Waals surface area contributed by atoms with E-state index in [-0.39, 0.29) is 29.6 Å². The molecule has 2 heterocycles. The molecule has 2 aliphatic rings. The molecule has 0 radical (unpaired) electrons. The molecule has 31 heavy (non-hydrogen) atoms. The first-order valence-electron chi connectivity index (χ1n) is 10.7. The Kier molecular flexibility index (Phi) is 6.61. The van der Waals surface area contributed by atoms with Gasteiger partial charge in [-0.15, -0.1) is 11.8 Å². The van der Waals surface area contributed by atoms with E-state index in [1.165, 1.54) is 17.3 Å². The standard InChI is InChI=1S/C24H27N3O3S/c1-16(17-7-3-2-4-8-17)15-25-22(28)18-11-13-27(14-12-18)24(30)21-23(29)26-19-9-5-6-10-20(19)31-21/h2-10,16,18,21H,11-15H2,1H3,(H,25,28)(H,26,29)/t16-,21+/m0/s1. The highest BCUT2D eigenvalue weighted by Crippen LogP contribution is 2.36. The molecule has 4 rings (SSSR count). The van der Waals surface area contributed by atoms with E-state index in [1.54, 1.807) is 4.90 Å². The Bertz CT molecular complexity index is 958. The average molecular weight is 438 g/mol. The van der Waals surface area contributed by atoms with Gasteiger partial charge in [0, 0.05) is 30.4 Å². The third kappa shape index (κ3) is 4.93. The summed E-state index contributed by atoms with van der Waals surface area (Å²) in [5, 5.41) is 5.12. The van der Waals surface area contributed by atoms with Crippen molar-refractivity contribution >= 4 is 35.2 Å². The van der Waals surface area contributed by atoms with Crippen molar-refractivity contribution in [2.24, 2.45) is 5.92 Å². The van der Waals surface area contributed by atoms with E-state index in [4.69, 9.17) is 0 Å². The first kappa shape index (κ1) is 21.4. The van der Waals surface area contributed by atoms with E-state index in [0.717, 1.165) is 10.6 Å². The number of likely N-dealkylation sites (tertiary alicyclic amines) is 1. The molecule has 0 saturated carbocycles. The molecule has 0 bridgehead atoms. The van der Waals surface area contributed by atoms with Gasteiger partial charge in [-0.25, -0.2) is 0 Å². The van der Waals surface area contributed by atoms with Crippen LogP contribution < -0.4 is 10.6 Å². The monoisotopic (exact) mass is 437 g/mol. The van der Waals surface area contributed by atoms with E-state index in [0.29, 0.717) is 32.5 Å². The van der Waals surface area contributed by atoms with Gasteiger partial charge in [0.15, 0.2) is 5.25 Å². The second-order valence-electron chi connectivity index (χ2n) is 8.14. The zero-order chi connectivity index (χ0) is 21.8. The number of fused-ring (bicyclic) bond motifs is 1. The van der Waals surface area contributed by atoms with Crippen molar-refractivity contribution in [2.75, 3.05) is 25.0 Å². The minimum absolute atomic E-state index is 0.0496. The lowest BCUT2D eigenvalue weighted by atomic mass is 9.95. The average Bonchev–Trinajstić information content (AvgIpc) is 2.82. The number of thioether (sulfide) groups is 1. The van der Waals surface area contributed by atoms with Gasteiger partial charge in [-0.1, -0.05) is 49.4 Å². The van der Waals surface area contributed by atoms with Crippen LogP contribution in [0.25, 0.3) is 0 Å². The Morgan fingerprint density at radius 2 is 1.77 bits per heavy atom. The fourth-order valence-corrected chi connectivity index (χ4v) is 5.11. The Hall–Kier alpha value is -2.80. The lowest BCUT2D eigenvalue weighted by Gasteiger charge is -2.34. The summed E-state index contributed by atoms with van der Waals surface area (Å²) in [7, 11) is 0. The third-order valence-corrected chi connectivity index (χ3v) is 7.24. The minimum Gasteiger partial charge on any atom is -0.355 e. The molecule has 2 aromatic carbocycles. The molecule has 2 aromatic rings.